The summed E-state index contributed by atoms with van der Waals surface area (Å²) in [6.45, 7) is 0. The fourth-order valence-electron chi connectivity index (χ4n) is 0.981. The van der Waals surface area contributed by atoms with Crippen molar-refractivity contribution in [2.24, 2.45) is 10.1 Å². The van der Waals surface area contributed by atoms with E-state index in [0.717, 1.165) is 0 Å². The summed E-state index contributed by atoms with van der Waals surface area (Å²) in [5.41, 5.74) is 2.93. The molecule has 3 heteroatoms. The molecule has 0 amide bonds. The molecule has 2 rings (SSSR count). The van der Waals surface area contributed by atoms with Crippen LogP contribution in [0.3, 0.4) is 0 Å². The minimum atomic E-state index is 0.245. The maximum absolute atomic E-state index is 4.17. The molecule has 46 valence electrons. The second-order valence-electron chi connectivity index (χ2n) is 2.11. The molecule has 0 aromatic heterocycles. The lowest BCUT2D eigenvalue weighted by atomic mass is 10.1. The van der Waals surface area contributed by atoms with Crippen molar-refractivity contribution in [1.82, 2.24) is 5.43 Å². The van der Waals surface area contributed by atoms with E-state index in [-0.39, 0.29) is 6.04 Å². The minimum absolute atomic E-state index is 0.245. The highest BCUT2D eigenvalue weighted by Crippen LogP contribution is 2.06. The van der Waals surface area contributed by atoms with Gasteiger partial charge in [0.05, 0.1) is 12.3 Å². The molecule has 2 unspecified atom stereocenters. The molecule has 0 aromatic carbocycles. The van der Waals surface area contributed by atoms with Gasteiger partial charge in [-0.05, 0) is 6.08 Å². The maximum atomic E-state index is 4.17. The van der Waals surface area contributed by atoms with Crippen molar-refractivity contribution in [2.75, 3.05) is 0 Å². The number of fused-ring (bicyclic) bond motifs is 1. The smallest absolute Gasteiger partial charge is 0.112 e. The Kier molecular flexibility index (Phi) is 0.886. The van der Waals surface area contributed by atoms with Crippen molar-refractivity contribution in [2.45, 2.75) is 12.1 Å². The minimum Gasteiger partial charge on any atom is -0.301 e. The van der Waals surface area contributed by atoms with Gasteiger partial charge in [-0.3, -0.25) is 4.99 Å². The van der Waals surface area contributed by atoms with E-state index in [2.05, 4.69) is 21.6 Å². The number of hydrogen-bond acceptors (Lipinski definition) is 3. The summed E-state index contributed by atoms with van der Waals surface area (Å²) < 4.78 is 0. The number of rotatable bonds is 0. The van der Waals surface area contributed by atoms with Gasteiger partial charge in [0.15, 0.2) is 0 Å². The summed E-state index contributed by atoms with van der Waals surface area (Å²) in [5, 5.41) is 3.89. The largest absolute Gasteiger partial charge is 0.301 e. The lowest BCUT2D eigenvalue weighted by Crippen LogP contribution is -2.29. The molecule has 0 aliphatic carbocycles. The molecule has 2 aliphatic heterocycles. The van der Waals surface area contributed by atoms with Gasteiger partial charge in [-0.15, -0.1) is 0 Å². The van der Waals surface area contributed by atoms with Crippen LogP contribution in [0, 0.1) is 0 Å². The molecule has 0 fully saturated rings. The van der Waals surface area contributed by atoms with Crippen molar-refractivity contribution in [1.29, 1.82) is 0 Å². The summed E-state index contributed by atoms with van der Waals surface area (Å²) in [4.78, 5) is 4.17. The number of dihydropyridines is 1. The van der Waals surface area contributed by atoms with Crippen LogP contribution in [0.25, 0.3) is 0 Å². The first kappa shape index (κ1) is 4.73. The van der Waals surface area contributed by atoms with E-state index < -0.39 is 0 Å². The van der Waals surface area contributed by atoms with Crippen LogP contribution in [0.4, 0.5) is 0 Å². The molecular weight excluding hydrogens is 114 g/mol. The Hall–Kier alpha value is -1.12. The summed E-state index contributed by atoms with van der Waals surface area (Å²) in [6, 6.07) is 0.560. The van der Waals surface area contributed by atoms with Crippen molar-refractivity contribution in [3.63, 3.8) is 0 Å². The number of hydrazone groups is 1. The summed E-state index contributed by atoms with van der Waals surface area (Å²) >= 11 is 0. The van der Waals surface area contributed by atoms with Gasteiger partial charge in [-0.2, -0.15) is 5.10 Å². The van der Waals surface area contributed by atoms with Gasteiger partial charge in [0.1, 0.15) is 6.04 Å². The third kappa shape index (κ3) is 0.650. The van der Waals surface area contributed by atoms with Crippen LogP contribution in [0.15, 0.2) is 22.2 Å². The van der Waals surface area contributed by atoms with E-state index in [1.807, 2.05) is 12.3 Å². The van der Waals surface area contributed by atoms with E-state index in [0.29, 0.717) is 6.04 Å². The van der Waals surface area contributed by atoms with Crippen LogP contribution in [-0.2, 0) is 0 Å². The van der Waals surface area contributed by atoms with Gasteiger partial charge in [0.2, 0.25) is 0 Å². The number of hydrogen-bond donors (Lipinski definition) is 1. The second-order valence-corrected chi connectivity index (χ2v) is 2.11. The fourth-order valence-corrected chi connectivity index (χ4v) is 0.981. The molecule has 0 bridgehead atoms. The van der Waals surface area contributed by atoms with Gasteiger partial charge >= 0.3 is 0 Å². The van der Waals surface area contributed by atoms with Crippen molar-refractivity contribution in [3.8, 4) is 0 Å². The standard InChI is InChI=1S/C6H7N3/c1-2-5-6(7-3-1)4-8-9-5/h1-6,9H. The Bertz CT molecular complexity index is 192. The summed E-state index contributed by atoms with van der Waals surface area (Å²) in [5.74, 6) is 0. The molecule has 2 heterocycles. The lowest BCUT2D eigenvalue weighted by Gasteiger charge is -2.11. The molecular formula is C6H7N3. The Labute approximate surface area is 53.2 Å². The molecule has 3 nitrogen and oxygen atoms in total. The van der Waals surface area contributed by atoms with Gasteiger partial charge in [0.25, 0.3) is 0 Å². The van der Waals surface area contributed by atoms with Gasteiger partial charge in [-0.25, -0.2) is 0 Å². The van der Waals surface area contributed by atoms with E-state index in [4.69, 9.17) is 0 Å². The molecule has 0 aromatic rings. The lowest BCUT2D eigenvalue weighted by molar-refractivity contribution is 0.636. The van der Waals surface area contributed by atoms with Gasteiger partial charge in [0, 0.05) is 6.21 Å². The SMILES string of the molecule is C1=CC2NN=CC2N=C1. The van der Waals surface area contributed by atoms with E-state index >= 15 is 0 Å². The Morgan fingerprint density at radius 3 is 3.33 bits per heavy atom. The molecule has 2 aliphatic rings. The third-order valence-electron chi connectivity index (χ3n) is 1.48. The second kappa shape index (κ2) is 1.69. The molecule has 0 radical (unpaired) electrons. The number of nitrogens with one attached hydrogen (secondary N) is 1. The van der Waals surface area contributed by atoms with Crippen LogP contribution in [0.2, 0.25) is 0 Å². The average molecular weight is 121 g/mol. The highest BCUT2D eigenvalue weighted by Gasteiger charge is 2.20. The first-order valence-corrected chi connectivity index (χ1v) is 2.95. The molecule has 0 spiro atoms. The van der Waals surface area contributed by atoms with Crippen molar-refractivity contribution < 1.29 is 0 Å². The van der Waals surface area contributed by atoms with Crippen molar-refractivity contribution in [3.05, 3.63) is 12.2 Å². The molecule has 0 saturated carbocycles. The van der Waals surface area contributed by atoms with Crippen LogP contribution in [0.1, 0.15) is 0 Å². The number of aliphatic imine (C=N–C) groups is 1. The zero-order valence-corrected chi connectivity index (χ0v) is 4.86. The Balaban J connectivity index is 2.25. The Morgan fingerprint density at radius 2 is 2.44 bits per heavy atom. The summed E-state index contributed by atoms with van der Waals surface area (Å²) in [7, 11) is 0. The maximum Gasteiger partial charge on any atom is 0.112 e. The van der Waals surface area contributed by atoms with E-state index in [1.165, 1.54) is 0 Å². The van der Waals surface area contributed by atoms with Gasteiger partial charge < -0.3 is 5.43 Å². The van der Waals surface area contributed by atoms with Crippen LogP contribution in [0.5, 0.6) is 0 Å². The highest BCUT2D eigenvalue weighted by molar-refractivity contribution is 5.79. The van der Waals surface area contributed by atoms with Gasteiger partial charge in [-0.1, -0.05) is 6.08 Å². The number of allylic oxidation sites excluding steroid dienone is 1. The normalized spacial score (nSPS) is 36.4. The monoisotopic (exact) mass is 121 g/mol. The highest BCUT2D eigenvalue weighted by atomic mass is 15.3. The number of nitrogens with zero attached hydrogens (tertiary/aromatic N) is 2. The first-order chi connectivity index (χ1) is 4.47. The predicted molar refractivity (Wildman–Crippen MR) is 36.8 cm³/mol. The van der Waals surface area contributed by atoms with Crippen LogP contribution in [-0.4, -0.2) is 24.5 Å². The van der Waals surface area contributed by atoms with Crippen molar-refractivity contribution >= 4 is 12.4 Å². The molecule has 9 heavy (non-hydrogen) atoms. The van der Waals surface area contributed by atoms with Crippen LogP contribution < -0.4 is 5.43 Å². The first-order valence-electron chi connectivity index (χ1n) is 2.95. The summed E-state index contributed by atoms with van der Waals surface area (Å²) in [6.07, 6.45) is 7.62. The third-order valence-corrected chi connectivity index (χ3v) is 1.48. The predicted octanol–water partition coefficient (Wildman–Crippen LogP) is -0.0468. The average Bonchev–Trinajstić information content (AvgIpc) is 2.33. The van der Waals surface area contributed by atoms with E-state index in [9.17, 15) is 0 Å². The molecule has 0 saturated heterocycles. The quantitative estimate of drug-likeness (QED) is 0.479. The Morgan fingerprint density at radius 1 is 1.44 bits per heavy atom. The zero-order chi connectivity index (χ0) is 6.10. The topological polar surface area (TPSA) is 36.8 Å². The van der Waals surface area contributed by atoms with Crippen LogP contribution >= 0.6 is 0 Å². The zero-order valence-electron chi connectivity index (χ0n) is 4.86. The van der Waals surface area contributed by atoms with E-state index in [1.54, 1.807) is 6.21 Å². The fraction of sp³-hybridized carbons (Fsp3) is 0.333. The molecule has 1 N–H and O–H groups in total. The molecule has 2 atom stereocenters.